The van der Waals surface area contributed by atoms with Crippen LogP contribution in [0.2, 0.25) is 0 Å². The number of nitrogens with one attached hydrogen (secondary N) is 1. The van der Waals surface area contributed by atoms with Crippen LogP contribution in [0.1, 0.15) is 26.7 Å². The zero-order valence-corrected chi connectivity index (χ0v) is 11.1. The van der Waals surface area contributed by atoms with Crippen LogP contribution in [0.4, 0.5) is 0 Å². The van der Waals surface area contributed by atoms with Gasteiger partial charge < -0.3 is 10.2 Å². The van der Waals surface area contributed by atoms with Crippen LogP contribution in [0.15, 0.2) is 0 Å². The molecule has 3 nitrogen and oxygen atoms in total. The molecule has 0 radical (unpaired) electrons. The molecule has 3 unspecified atom stereocenters. The molecule has 2 heterocycles. The van der Waals surface area contributed by atoms with Crippen LogP contribution in [0, 0.1) is 5.92 Å². The second-order valence-corrected chi connectivity index (χ2v) is 6.29. The van der Waals surface area contributed by atoms with Crippen molar-refractivity contribution in [2.45, 2.75) is 38.0 Å². The van der Waals surface area contributed by atoms with Crippen molar-refractivity contribution in [3.63, 3.8) is 0 Å². The third-order valence-corrected chi connectivity index (χ3v) is 5.08. The maximum absolute atomic E-state index is 12.3. The van der Waals surface area contributed by atoms with Crippen molar-refractivity contribution in [1.29, 1.82) is 0 Å². The summed E-state index contributed by atoms with van der Waals surface area (Å²) in [7, 11) is 0. The maximum atomic E-state index is 12.3. The summed E-state index contributed by atoms with van der Waals surface area (Å²) in [4.78, 5) is 14.4. The average Bonchev–Trinajstić information content (AvgIpc) is 2.74. The lowest BCUT2D eigenvalue weighted by Gasteiger charge is -2.34. The molecule has 0 aromatic heterocycles. The molecule has 2 saturated heterocycles. The molecular formula is C12H22N2OS. The minimum atomic E-state index is 0.0839. The van der Waals surface area contributed by atoms with E-state index in [-0.39, 0.29) is 6.04 Å². The minimum absolute atomic E-state index is 0.0839. The Kier molecular flexibility index (Phi) is 4.14. The van der Waals surface area contributed by atoms with E-state index in [1.54, 1.807) is 0 Å². The van der Waals surface area contributed by atoms with Crippen LogP contribution >= 0.6 is 11.8 Å². The highest BCUT2D eigenvalue weighted by molar-refractivity contribution is 8.00. The molecule has 0 saturated carbocycles. The number of hydrogen-bond acceptors (Lipinski definition) is 3. The normalized spacial score (nSPS) is 35.4. The van der Waals surface area contributed by atoms with Gasteiger partial charge in [0.2, 0.25) is 5.91 Å². The Bertz CT molecular complexity index is 259. The van der Waals surface area contributed by atoms with E-state index in [0.717, 1.165) is 31.8 Å². The molecule has 0 spiro atoms. The Balaban J connectivity index is 1.93. The number of carbonyl (C=O) groups excluding carboxylic acids is 1. The molecule has 92 valence electrons. The maximum Gasteiger partial charge on any atom is 0.240 e. The van der Waals surface area contributed by atoms with E-state index in [2.05, 4.69) is 24.1 Å². The van der Waals surface area contributed by atoms with Gasteiger partial charge >= 0.3 is 0 Å². The van der Waals surface area contributed by atoms with Gasteiger partial charge in [-0.05, 0) is 25.3 Å². The summed E-state index contributed by atoms with van der Waals surface area (Å²) < 4.78 is 0. The Hall–Kier alpha value is -0.220. The van der Waals surface area contributed by atoms with Gasteiger partial charge in [0.1, 0.15) is 0 Å². The largest absolute Gasteiger partial charge is 0.339 e. The average molecular weight is 242 g/mol. The zero-order chi connectivity index (χ0) is 11.5. The van der Waals surface area contributed by atoms with Crippen LogP contribution in [-0.4, -0.2) is 47.5 Å². The Morgan fingerprint density at radius 3 is 3.00 bits per heavy atom. The van der Waals surface area contributed by atoms with Crippen molar-refractivity contribution in [3.05, 3.63) is 0 Å². The number of thioether (sulfide) groups is 1. The number of hydrogen-bond donors (Lipinski definition) is 1. The number of nitrogens with zero attached hydrogens (tertiary/aromatic N) is 1. The summed E-state index contributed by atoms with van der Waals surface area (Å²) in [6, 6.07) is 0.0839. The Morgan fingerprint density at radius 2 is 2.38 bits per heavy atom. The van der Waals surface area contributed by atoms with Crippen LogP contribution in [0.5, 0.6) is 0 Å². The minimum Gasteiger partial charge on any atom is -0.339 e. The van der Waals surface area contributed by atoms with Crippen molar-refractivity contribution in [2.75, 3.05) is 25.4 Å². The first kappa shape index (κ1) is 12.2. The van der Waals surface area contributed by atoms with E-state index in [9.17, 15) is 4.79 Å². The first-order chi connectivity index (χ1) is 7.72. The monoisotopic (exact) mass is 242 g/mol. The fraction of sp³-hybridized carbons (Fsp3) is 0.917. The molecule has 2 fully saturated rings. The third kappa shape index (κ3) is 2.54. The summed E-state index contributed by atoms with van der Waals surface area (Å²) in [6.45, 7) is 7.27. The molecular weight excluding hydrogens is 220 g/mol. The van der Waals surface area contributed by atoms with Crippen LogP contribution in [0.3, 0.4) is 0 Å². The summed E-state index contributed by atoms with van der Waals surface area (Å²) >= 11 is 2.01. The van der Waals surface area contributed by atoms with Crippen molar-refractivity contribution in [3.8, 4) is 0 Å². The van der Waals surface area contributed by atoms with Crippen molar-refractivity contribution in [1.82, 2.24) is 10.2 Å². The summed E-state index contributed by atoms with van der Waals surface area (Å²) in [5.74, 6) is 1.94. The molecule has 2 aliphatic rings. The van der Waals surface area contributed by atoms with E-state index in [1.807, 2.05) is 11.8 Å². The molecule has 1 N–H and O–H groups in total. The predicted molar refractivity (Wildman–Crippen MR) is 68.7 cm³/mol. The van der Waals surface area contributed by atoms with Crippen LogP contribution in [-0.2, 0) is 4.79 Å². The van der Waals surface area contributed by atoms with E-state index in [1.165, 1.54) is 6.42 Å². The third-order valence-electron chi connectivity index (χ3n) is 3.70. The molecule has 2 rings (SSSR count). The molecule has 3 atom stereocenters. The summed E-state index contributed by atoms with van der Waals surface area (Å²) in [5, 5.41) is 3.99. The van der Waals surface area contributed by atoms with Crippen molar-refractivity contribution in [2.24, 2.45) is 5.92 Å². The van der Waals surface area contributed by atoms with E-state index in [4.69, 9.17) is 0 Å². The predicted octanol–water partition coefficient (Wildman–Crippen LogP) is 1.34. The van der Waals surface area contributed by atoms with Crippen LogP contribution < -0.4 is 5.32 Å². The Labute approximate surface area is 102 Å². The molecule has 0 aliphatic carbocycles. The Morgan fingerprint density at radius 1 is 1.56 bits per heavy atom. The first-order valence-electron chi connectivity index (χ1n) is 6.36. The van der Waals surface area contributed by atoms with E-state index >= 15 is 0 Å². The molecule has 4 heteroatoms. The highest BCUT2D eigenvalue weighted by Crippen LogP contribution is 2.23. The smallest absolute Gasteiger partial charge is 0.240 e. The highest BCUT2D eigenvalue weighted by Gasteiger charge is 2.34. The lowest BCUT2D eigenvalue weighted by atomic mass is 10.0. The van der Waals surface area contributed by atoms with Gasteiger partial charge in [-0.25, -0.2) is 0 Å². The molecule has 16 heavy (non-hydrogen) atoms. The zero-order valence-electron chi connectivity index (χ0n) is 10.2. The lowest BCUT2D eigenvalue weighted by Crippen LogP contribution is -2.50. The lowest BCUT2D eigenvalue weighted by molar-refractivity contribution is -0.133. The van der Waals surface area contributed by atoms with Gasteiger partial charge in [0.05, 0.1) is 6.04 Å². The fourth-order valence-electron chi connectivity index (χ4n) is 2.53. The SMILES string of the molecule is CCC1CN(C(=O)C2NCCC2C)CCS1. The molecule has 1 amide bonds. The fourth-order valence-corrected chi connectivity index (χ4v) is 3.71. The number of rotatable bonds is 2. The van der Waals surface area contributed by atoms with Gasteiger partial charge in [-0.2, -0.15) is 11.8 Å². The summed E-state index contributed by atoms with van der Waals surface area (Å²) in [6.07, 6.45) is 2.30. The molecule has 0 aromatic rings. The van der Waals surface area contributed by atoms with Crippen molar-refractivity contribution >= 4 is 17.7 Å². The van der Waals surface area contributed by atoms with Gasteiger partial charge in [0, 0.05) is 24.1 Å². The second-order valence-electron chi connectivity index (χ2n) is 4.88. The van der Waals surface area contributed by atoms with E-state index < -0.39 is 0 Å². The summed E-state index contributed by atoms with van der Waals surface area (Å²) in [5.41, 5.74) is 0. The molecule has 2 aliphatic heterocycles. The van der Waals surface area contributed by atoms with Gasteiger partial charge in [-0.15, -0.1) is 0 Å². The topological polar surface area (TPSA) is 32.3 Å². The standard InChI is InChI=1S/C12H22N2OS/c1-3-10-8-14(6-7-16-10)12(15)11-9(2)4-5-13-11/h9-11,13H,3-8H2,1-2H3. The molecule has 0 aromatic carbocycles. The van der Waals surface area contributed by atoms with Gasteiger partial charge in [-0.1, -0.05) is 13.8 Å². The highest BCUT2D eigenvalue weighted by atomic mass is 32.2. The van der Waals surface area contributed by atoms with Gasteiger partial charge in [0.25, 0.3) is 0 Å². The quantitative estimate of drug-likeness (QED) is 0.793. The van der Waals surface area contributed by atoms with Crippen molar-refractivity contribution < 1.29 is 4.79 Å². The first-order valence-corrected chi connectivity index (χ1v) is 7.41. The second kappa shape index (κ2) is 5.41. The van der Waals surface area contributed by atoms with Gasteiger partial charge in [-0.3, -0.25) is 4.79 Å². The molecule has 0 bridgehead atoms. The van der Waals surface area contributed by atoms with E-state index in [0.29, 0.717) is 17.1 Å². The number of carbonyl (C=O) groups is 1. The number of amides is 1. The van der Waals surface area contributed by atoms with Gasteiger partial charge in [0.15, 0.2) is 0 Å². The van der Waals surface area contributed by atoms with Crippen LogP contribution in [0.25, 0.3) is 0 Å².